The highest BCUT2D eigenvalue weighted by Crippen LogP contribution is 2.37. The van der Waals surface area contributed by atoms with Crippen LogP contribution in [0.15, 0.2) is 73.3 Å². The summed E-state index contributed by atoms with van der Waals surface area (Å²) in [6.45, 7) is 7.80. The first-order valence-electron chi connectivity index (χ1n) is 19.2. The Morgan fingerprint density at radius 3 is 2.51 bits per heavy atom. The monoisotopic (exact) mass is 810 g/mol. The average Bonchev–Trinajstić information content (AvgIpc) is 3.53. The topological polar surface area (TPSA) is 135 Å². The summed E-state index contributed by atoms with van der Waals surface area (Å²) in [4.78, 5) is 22.5. The maximum Gasteiger partial charge on any atom is 0.320 e. The molecule has 3 heterocycles. The number of halogens is 2. The van der Waals surface area contributed by atoms with Crippen LogP contribution in [0.5, 0.6) is 17.2 Å². The number of ether oxygens (including phenoxy) is 3. The van der Waals surface area contributed by atoms with Crippen LogP contribution in [0.3, 0.4) is 0 Å². The lowest BCUT2D eigenvalue weighted by atomic mass is 9.93. The first-order valence-corrected chi connectivity index (χ1v) is 19.9. The summed E-state index contributed by atoms with van der Waals surface area (Å²) in [6, 6.07) is 19.1. The number of nitrogens with one attached hydrogen (secondary N) is 1. The molecular weight excluding hydrogens is 763 g/mol. The summed E-state index contributed by atoms with van der Waals surface area (Å²) >= 11 is 13.1. The van der Waals surface area contributed by atoms with Gasteiger partial charge in [0.2, 0.25) is 0 Å². The van der Waals surface area contributed by atoms with Crippen molar-refractivity contribution in [1.29, 1.82) is 5.26 Å². The molecule has 2 N–H and O–H groups in total. The zero-order valence-corrected chi connectivity index (χ0v) is 34.1. The molecule has 13 heteroatoms. The number of likely N-dealkylation sites (tertiary alicyclic amines) is 1. The van der Waals surface area contributed by atoms with E-state index >= 15 is 0 Å². The normalized spacial score (nSPS) is 14.3. The molecule has 0 bridgehead atoms. The lowest BCUT2D eigenvalue weighted by molar-refractivity contribution is -0.144. The van der Waals surface area contributed by atoms with E-state index in [1.54, 1.807) is 30.7 Å². The quantitative estimate of drug-likeness (QED) is 0.0830. The predicted octanol–water partition coefficient (Wildman–Crippen LogP) is 8.48. The van der Waals surface area contributed by atoms with Crippen molar-refractivity contribution in [3.05, 3.63) is 123 Å². The number of aromatic nitrogens is 3. The smallest absolute Gasteiger partial charge is 0.320 e. The Labute approximate surface area is 344 Å². The Morgan fingerprint density at radius 1 is 0.947 bits per heavy atom. The van der Waals surface area contributed by atoms with Crippen LogP contribution in [-0.2, 0) is 38.0 Å². The fourth-order valence-corrected chi connectivity index (χ4v) is 7.53. The number of imidazole rings is 1. The number of carboxylic acid groups (broad SMARTS) is 1. The highest BCUT2D eigenvalue weighted by molar-refractivity contribution is 6.32. The lowest BCUT2D eigenvalue weighted by Gasteiger charge is -2.33. The summed E-state index contributed by atoms with van der Waals surface area (Å²) < 4.78 is 20.8. The number of piperidine rings is 1. The summed E-state index contributed by atoms with van der Waals surface area (Å²) in [6.07, 6.45) is 8.89. The molecule has 0 radical (unpaired) electrons. The molecule has 298 valence electrons. The van der Waals surface area contributed by atoms with Crippen molar-refractivity contribution in [2.75, 3.05) is 26.2 Å². The Hall–Kier alpha value is -5.12. The van der Waals surface area contributed by atoms with E-state index in [1.165, 1.54) is 6.20 Å². The molecule has 0 unspecified atom stereocenters. The van der Waals surface area contributed by atoms with Gasteiger partial charge in [0.05, 0.1) is 29.2 Å². The fourth-order valence-electron chi connectivity index (χ4n) is 7.10. The number of nitriles is 1. The summed E-state index contributed by atoms with van der Waals surface area (Å²) in [5.41, 5.74) is 8.12. The third-order valence-electron chi connectivity index (χ3n) is 10.3. The van der Waals surface area contributed by atoms with E-state index in [2.05, 4.69) is 47.3 Å². The molecule has 0 amide bonds. The van der Waals surface area contributed by atoms with Crippen molar-refractivity contribution in [3.8, 4) is 34.4 Å². The molecule has 1 atom stereocenters. The van der Waals surface area contributed by atoms with Gasteiger partial charge in [0.1, 0.15) is 47.7 Å². The maximum absolute atomic E-state index is 12.1. The van der Waals surface area contributed by atoms with E-state index in [-0.39, 0.29) is 13.2 Å². The van der Waals surface area contributed by atoms with Crippen molar-refractivity contribution < 1.29 is 24.1 Å². The average molecular weight is 812 g/mol. The van der Waals surface area contributed by atoms with Crippen LogP contribution in [0.1, 0.15) is 64.8 Å². The Bertz CT molecular complexity index is 2220. The second kappa shape index (κ2) is 19.8. The van der Waals surface area contributed by atoms with Gasteiger partial charge in [-0.3, -0.25) is 14.7 Å². The third-order valence-corrected chi connectivity index (χ3v) is 11.1. The number of aliphatic carboxylic acids is 1. The third kappa shape index (κ3) is 10.6. The number of hydrogen-bond donors (Lipinski definition) is 2. The molecule has 1 aliphatic heterocycles. The zero-order valence-electron chi connectivity index (χ0n) is 32.6. The minimum absolute atomic E-state index is 0.154. The lowest BCUT2D eigenvalue weighted by Crippen LogP contribution is -2.44. The molecule has 6 rings (SSSR count). The van der Waals surface area contributed by atoms with Gasteiger partial charge in [-0.25, -0.2) is 4.98 Å². The van der Waals surface area contributed by atoms with Crippen LogP contribution in [0.4, 0.5) is 0 Å². The largest absolute Gasteiger partial charge is 0.493 e. The molecule has 11 nitrogen and oxygen atoms in total. The minimum Gasteiger partial charge on any atom is -0.493 e. The van der Waals surface area contributed by atoms with Crippen molar-refractivity contribution in [2.45, 2.75) is 71.8 Å². The second-order valence-corrected chi connectivity index (χ2v) is 15.1. The van der Waals surface area contributed by atoms with Gasteiger partial charge in [-0.1, -0.05) is 60.0 Å². The van der Waals surface area contributed by atoms with Gasteiger partial charge < -0.3 is 29.2 Å². The molecule has 1 aliphatic rings. The first-order chi connectivity index (χ1) is 27.6. The maximum atomic E-state index is 12.1. The molecule has 5 aromatic rings. The number of hydrogen-bond acceptors (Lipinski definition) is 9. The predicted molar refractivity (Wildman–Crippen MR) is 221 cm³/mol. The van der Waals surface area contributed by atoms with E-state index < -0.39 is 12.0 Å². The number of rotatable bonds is 18. The van der Waals surface area contributed by atoms with Gasteiger partial charge in [0, 0.05) is 56.1 Å². The van der Waals surface area contributed by atoms with E-state index in [9.17, 15) is 15.2 Å². The number of aryl methyl sites for hydroxylation is 1. The van der Waals surface area contributed by atoms with Crippen molar-refractivity contribution in [2.24, 2.45) is 7.05 Å². The van der Waals surface area contributed by atoms with Gasteiger partial charge in [-0.15, -0.1) is 0 Å². The zero-order chi connectivity index (χ0) is 40.3. The summed E-state index contributed by atoms with van der Waals surface area (Å²) in [7, 11) is 1.89. The van der Waals surface area contributed by atoms with Crippen LogP contribution in [0.25, 0.3) is 11.1 Å². The fraction of sp³-hybridized carbons (Fsp3) is 0.364. The van der Waals surface area contributed by atoms with Crippen LogP contribution >= 0.6 is 23.2 Å². The highest BCUT2D eigenvalue weighted by atomic mass is 35.5. The second-order valence-electron chi connectivity index (χ2n) is 14.3. The first kappa shape index (κ1) is 41.5. The number of nitrogens with zero attached hydrogens (tertiary/aromatic N) is 5. The standard InChI is InChI=1S/C44H48Cl2N6O5/c1-29-33(9-6-10-35(29)36-11-7-13-40(30(36)2)55-18-8-15-48-16-14-38-43(46)51(3)28-50-38)27-57-42-21-41(56-26-32-19-31(22-47)23-49-24-32)34(20-37(42)45)25-52-17-5-4-12-39(52)44(53)54/h6-7,9-11,13,19-21,23-24,28,39,48H,4-5,8,12,14-18,25-27H2,1-3H3,(H,53,54)/t39-/m0/s1. The number of benzene rings is 3. The number of pyridine rings is 1. The van der Waals surface area contributed by atoms with Crippen molar-refractivity contribution in [3.63, 3.8) is 0 Å². The van der Waals surface area contributed by atoms with Crippen molar-refractivity contribution >= 4 is 29.2 Å². The number of carbonyl (C=O) groups is 1. The van der Waals surface area contributed by atoms with E-state index in [1.807, 2.05) is 40.8 Å². The molecule has 0 saturated carbocycles. The molecule has 1 saturated heterocycles. The molecule has 1 fully saturated rings. The Morgan fingerprint density at radius 2 is 1.74 bits per heavy atom. The minimum atomic E-state index is -0.835. The molecular formula is C44H48Cl2N6O5. The molecule has 0 aliphatic carbocycles. The van der Waals surface area contributed by atoms with Gasteiger partial charge in [-0.05, 0) is 92.2 Å². The van der Waals surface area contributed by atoms with Gasteiger partial charge in [-0.2, -0.15) is 5.26 Å². The summed E-state index contributed by atoms with van der Waals surface area (Å²) in [5.74, 6) is 0.981. The van der Waals surface area contributed by atoms with Gasteiger partial charge in [0.25, 0.3) is 0 Å². The molecule has 57 heavy (non-hydrogen) atoms. The Kier molecular flexibility index (Phi) is 14.4. The van der Waals surface area contributed by atoms with Crippen LogP contribution in [-0.4, -0.2) is 62.8 Å². The van der Waals surface area contributed by atoms with Crippen LogP contribution in [0.2, 0.25) is 10.2 Å². The van der Waals surface area contributed by atoms with E-state index in [0.29, 0.717) is 53.4 Å². The summed E-state index contributed by atoms with van der Waals surface area (Å²) in [5, 5.41) is 23.8. The highest BCUT2D eigenvalue weighted by Gasteiger charge is 2.29. The number of carboxylic acids is 1. The molecule has 3 aromatic carbocycles. The van der Waals surface area contributed by atoms with E-state index in [0.717, 1.165) is 89.2 Å². The van der Waals surface area contributed by atoms with Gasteiger partial charge >= 0.3 is 5.97 Å². The SMILES string of the molecule is Cc1c(COc2cc(OCc3cncc(C#N)c3)c(CN3CCCC[C@H]3C(=O)O)cc2Cl)cccc1-c1cccc(OCCCNCCc2ncn(C)c2Cl)c1C. The molecule has 0 spiro atoms. The molecule has 2 aromatic heterocycles. The van der Waals surface area contributed by atoms with Crippen LogP contribution in [0, 0.1) is 25.2 Å². The Balaban J connectivity index is 1.12. The van der Waals surface area contributed by atoms with Crippen molar-refractivity contribution in [1.82, 2.24) is 24.8 Å². The van der Waals surface area contributed by atoms with E-state index in [4.69, 9.17) is 37.4 Å². The van der Waals surface area contributed by atoms with Gasteiger partial charge in [0.15, 0.2) is 0 Å². The van der Waals surface area contributed by atoms with Crippen LogP contribution < -0.4 is 19.5 Å².